The second-order valence-electron chi connectivity index (χ2n) is 11.6. The monoisotopic (exact) mass is 638 g/mol. The van der Waals surface area contributed by atoms with Gasteiger partial charge in [0.1, 0.15) is 40.4 Å². The van der Waals surface area contributed by atoms with E-state index in [0.29, 0.717) is 46.0 Å². The number of anilines is 1. The lowest BCUT2D eigenvalue weighted by Gasteiger charge is -2.31. The molecule has 12 nitrogen and oxygen atoms in total. The first kappa shape index (κ1) is 32.7. The normalized spacial score (nSPS) is 13.3. The molecule has 234 valence electrons. The van der Waals surface area contributed by atoms with Crippen LogP contribution in [0.2, 0.25) is 25.7 Å². The van der Waals surface area contributed by atoms with Crippen molar-refractivity contribution in [2.24, 2.45) is 0 Å². The van der Waals surface area contributed by atoms with Gasteiger partial charge in [0, 0.05) is 14.6 Å². The van der Waals surface area contributed by atoms with Gasteiger partial charge in [0.05, 0.1) is 31.2 Å². The lowest BCUT2D eigenvalue weighted by molar-refractivity contribution is 0.171. The van der Waals surface area contributed by atoms with Gasteiger partial charge in [-0.3, -0.25) is 9.55 Å². The third kappa shape index (κ3) is 6.49. The number of hydrogen-bond donors (Lipinski definition) is 1. The van der Waals surface area contributed by atoms with Crippen molar-refractivity contribution in [2.75, 3.05) is 25.1 Å². The van der Waals surface area contributed by atoms with Gasteiger partial charge in [0.25, 0.3) is 0 Å². The van der Waals surface area contributed by atoms with Crippen LogP contribution in [-0.4, -0.2) is 67.4 Å². The summed E-state index contributed by atoms with van der Waals surface area (Å²) >= 11 is 0. The summed E-state index contributed by atoms with van der Waals surface area (Å²) < 4.78 is 49.2. The van der Waals surface area contributed by atoms with E-state index in [0.717, 1.165) is 0 Å². The number of sulfonamides is 1. The van der Waals surface area contributed by atoms with E-state index in [1.165, 1.54) is 37.6 Å². The molecule has 1 N–H and O–H groups in total. The van der Waals surface area contributed by atoms with Crippen LogP contribution in [0.1, 0.15) is 35.7 Å². The molecule has 0 unspecified atom stereocenters. The first-order valence-corrected chi connectivity index (χ1v) is 19.3. The van der Waals surface area contributed by atoms with Gasteiger partial charge in [0.15, 0.2) is 5.76 Å². The molecule has 0 radical (unpaired) electrons. The van der Waals surface area contributed by atoms with E-state index in [9.17, 15) is 18.8 Å². The second kappa shape index (κ2) is 12.8. The molecular weight excluding hydrogens is 601 g/mol. The topological polar surface area (TPSA) is 157 Å². The van der Waals surface area contributed by atoms with Crippen LogP contribution in [-0.2, 0) is 10.0 Å². The number of furan rings is 1. The minimum Gasteiger partial charge on any atom is -0.494 e. The molecule has 4 aromatic rings. The average molecular weight is 639 g/mol. The van der Waals surface area contributed by atoms with E-state index in [-0.39, 0.29) is 24.0 Å². The predicted molar refractivity (Wildman–Crippen MR) is 169 cm³/mol. The Morgan fingerprint density at radius 3 is 2.25 bits per heavy atom. The molecule has 0 spiro atoms. The molecule has 0 saturated carbocycles. The van der Waals surface area contributed by atoms with Crippen LogP contribution in [0.15, 0.2) is 46.9 Å². The number of aryl methyl sites for hydroxylation is 2. The lowest BCUT2D eigenvalue weighted by atomic mass is 10.1. The molecule has 3 heterocycles. The van der Waals surface area contributed by atoms with Crippen LogP contribution in [0.4, 0.5) is 5.95 Å². The Balaban J connectivity index is 1.96. The van der Waals surface area contributed by atoms with Gasteiger partial charge in [-0.25, -0.2) is 12.7 Å². The first-order chi connectivity index (χ1) is 20.7. The quantitative estimate of drug-likeness (QED) is 0.209. The minimum atomic E-state index is -4.32. The molecule has 2 atom stereocenters. The van der Waals surface area contributed by atoms with Crippen molar-refractivity contribution in [3.05, 3.63) is 65.2 Å². The summed E-state index contributed by atoms with van der Waals surface area (Å²) in [5.74, 6) is 2.00. The van der Waals surface area contributed by atoms with Gasteiger partial charge in [-0.2, -0.15) is 5.26 Å². The Kier molecular flexibility index (Phi) is 9.52. The van der Waals surface area contributed by atoms with Crippen LogP contribution < -0.4 is 13.8 Å². The van der Waals surface area contributed by atoms with Crippen molar-refractivity contribution >= 4 is 24.0 Å². The number of aromatic nitrogens is 4. The van der Waals surface area contributed by atoms with E-state index in [1.807, 2.05) is 6.07 Å². The zero-order valence-electron chi connectivity index (χ0n) is 26.2. The summed E-state index contributed by atoms with van der Waals surface area (Å²) in [6.07, 6.45) is -1.50. The number of para-hydroxylation sites is 1. The number of nitrogens with zero attached hydrogens (tertiary/aromatic N) is 6. The smallest absolute Gasteiger partial charge is 0.246 e. The van der Waals surface area contributed by atoms with Gasteiger partial charge >= 0.3 is 0 Å². The van der Waals surface area contributed by atoms with Crippen molar-refractivity contribution in [1.82, 2.24) is 19.7 Å². The fourth-order valence-electron chi connectivity index (χ4n) is 4.66. The van der Waals surface area contributed by atoms with Gasteiger partial charge in [-0.05, 0) is 63.2 Å². The Hall–Kier alpha value is -4.19. The van der Waals surface area contributed by atoms with Crippen LogP contribution in [0, 0.1) is 25.2 Å². The maximum atomic E-state index is 14.5. The Morgan fingerprint density at radius 2 is 1.73 bits per heavy atom. The molecule has 4 rings (SSSR count). The molecule has 0 aliphatic heterocycles. The number of pyridine rings is 1. The van der Waals surface area contributed by atoms with Crippen molar-refractivity contribution in [3.8, 4) is 34.8 Å². The number of benzene rings is 1. The van der Waals surface area contributed by atoms with Crippen LogP contribution in [0.25, 0.3) is 17.3 Å². The van der Waals surface area contributed by atoms with Gasteiger partial charge < -0.3 is 19.0 Å². The van der Waals surface area contributed by atoms with Crippen molar-refractivity contribution in [2.45, 2.75) is 57.8 Å². The number of methoxy groups -OCH3 is 2. The highest BCUT2D eigenvalue weighted by molar-refractivity contribution is 7.93. The Labute approximate surface area is 259 Å². The van der Waals surface area contributed by atoms with Gasteiger partial charge in [-0.1, -0.05) is 25.7 Å². The highest BCUT2D eigenvalue weighted by Crippen LogP contribution is 2.40. The van der Waals surface area contributed by atoms with Gasteiger partial charge in [0.2, 0.25) is 21.8 Å². The highest BCUT2D eigenvalue weighted by atomic mass is 32.2. The summed E-state index contributed by atoms with van der Waals surface area (Å²) in [6.45, 7) is 11.4. The summed E-state index contributed by atoms with van der Waals surface area (Å²) in [4.78, 5) is 4.33. The number of aliphatic hydroxyl groups is 1. The third-order valence-electron chi connectivity index (χ3n) is 7.27. The molecule has 44 heavy (non-hydrogen) atoms. The Morgan fingerprint density at radius 1 is 1.07 bits per heavy atom. The summed E-state index contributed by atoms with van der Waals surface area (Å²) in [7, 11) is -3.11. The second-order valence-corrected chi connectivity index (χ2v) is 19.5. The fourth-order valence-corrected chi connectivity index (χ4v) is 7.27. The van der Waals surface area contributed by atoms with E-state index in [1.54, 1.807) is 48.7 Å². The van der Waals surface area contributed by atoms with Crippen molar-refractivity contribution in [1.29, 1.82) is 5.26 Å². The highest BCUT2D eigenvalue weighted by Gasteiger charge is 2.40. The zero-order chi connectivity index (χ0) is 32.4. The zero-order valence-corrected chi connectivity index (χ0v) is 28.0. The molecule has 1 aromatic carbocycles. The predicted octanol–water partition coefficient (Wildman–Crippen LogP) is 5.02. The maximum absolute atomic E-state index is 14.5. The lowest BCUT2D eigenvalue weighted by Crippen LogP contribution is -2.44. The fraction of sp³-hybridized carbons (Fsp3) is 0.400. The number of nitriles is 1. The van der Waals surface area contributed by atoms with E-state index < -0.39 is 29.5 Å². The largest absolute Gasteiger partial charge is 0.494 e. The van der Waals surface area contributed by atoms with Crippen LogP contribution in [0.5, 0.6) is 11.5 Å². The number of aliphatic hydroxyl groups excluding tert-OH is 1. The Bertz CT molecular complexity index is 1770. The molecule has 0 amide bonds. The summed E-state index contributed by atoms with van der Waals surface area (Å²) in [5, 5.41) is 28.1. The average Bonchev–Trinajstić information content (AvgIpc) is 3.61. The molecule has 0 aliphatic rings. The molecule has 14 heteroatoms. The number of hydrogen-bond acceptors (Lipinski definition) is 10. The molecule has 0 fully saturated rings. The summed E-state index contributed by atoms with van der Waals surface area (Å²) in [6, 6.07) is 14.3. The SMILES string of the molecule is COc1cccc(OC)c1-n1c(-c2ccc(C)o2)nnc1N(CC[Si](C)(C)C)S(=O)(=O)[C@H](C)[C@H](O)c1ccc(C#N)c(C)n1. The molecular formula is C30H38N6O6SSi. The van der Waals surface area contributed by atoms with E-state index in [2.05, 4.69) is 34.8 Å². The van der Waals surface area contributed by atoms with E-state index in [4.69, 9.17) is 13.9 Å². The molecule has 0 aliphatic carbocycles. The number of rotatable bonds is 12. The standard InChI is InChI=1S/C30H38N6O6SSi/c1-19-12-15-26(42-19)29-33-34-30(36(29)27-24(40-4)10-9-11-25(27)41-5)35(16-17-44(6,7)8)43(38,39)21(3)28(37)23-14-13-22(18-31)20(2)32-23/h9-15,21,28,37H,16-17H2,1-8H3/t21-,28+/m1/s1. The van der Waals surface area contributed by atoms with Crippen molar-refractivity contribution < 1.29 is 27.4 Å². The molecule has 0 saturated heterocycles. The third-order valence-corrected chi connectivity index (χ3v) is 11.2. The van der Waals surface area contributed by atoms with Gasteiger partial charge in [-0.15, -0.1) is 10.2 Å². The number of ether oxygens (including phenoxy) is 2. The summed E-state index contributed by atoms with van der Waals surface area (Å²) in [5.41, 5.74) is 1.26. The maximum Gasteiger partial charge on any atom is 0.246 e. The van der Waals surface area contributed by atoms with Crippen LogP contribution in [0.3, 0.4) is 0 Å². The molecule has 0 bridgehead atoms. The minimum absolute atomic E-state index is 0.0156. The first-order valence-electron chi connectivity index (χ1n) is 14.0. The van der Waals surface area contributed by atoms with Crippen molar-refractivity contribution in [3.63, 3.8) is 0 Å². The van der Waals surface area contributed by atoms with Crippen LogP contribution >= 0.6 is 0 Å². The van der Waals surface area contributed by atoms with E-state index >= 15 is 0 Å². The molecule has 3 aromatic heterocycles.